The molecule has 9 heteroatoms. The molecule has 1 amide bonds. The maximum absolute atomic E-state index is 14.0. The van der Waals surface area contributed by atoms with Crippen molar-refractivity contribution in [3.63, 3.8) is 0 Å². The van der Waals surface area contributed by atoms with Crippen molar-refractivity contribution in [1.82, 2.24) is 4.31 Å². The van der Waals surface area contributed by atoms with Gasteiger partial charge in [-0.3, -0.25) is 4.79 Å². The van der Waals surface area contributed by atoms with Crippen LogP contribution in [-0.4, -0.2) is 44.9 Å². The van der Waals surface area contributed by atoms with Gasteiger partial charge in [-0.2, -0.15) is 4.31 Å². The maximum Gasteiger partial charge on any atom is 0.257 e. The van der Waals surface area contributed by atoms with Crippen LogP contribution in [0.3, 0.4) is 0 Å². The quantitative estimate of drug-likeness (QED) is 0.789. The van der Waals surface area contributed by atoms with Gasteiger partial charge in [0.25, 0.3) is 5.91 Å². The molecule has 2 aromatic rings. The van der Waals surface area contributed by atoms with Gasteiger partial charge < -0.3 is 10.1 Å². The van der Waals surface area contributed by atoms with E-state index in [0.29, 0.717) is 17.7 Å². The van der Waals surface area contributed by atoms with Crippen LogP contribution in [0.1, 0.15) is 10.4 Å². The minimum absolute atomic E-state index is 0.0308. The number of amides is 1. The average molecular weight is 443 g/mol. The van der Waals surface area contributed by atoms with Gasteiger partial charge in [0, 0.05) is 17.6 Å². The van der Waals surface area contributed by atoms with Crippen LogP contribution in [0, 0.1) is 5.82 Å². The van der Waals surface area contributed by atoms with Crippen molar-refractivity contribution in [1.29, 1.82) is 0 Å². The predicted octanol–water partition coefficient (Wildman–Crippen LogP) is 2.86. The van der Waals surface area contributed by atoms with E-state index in [1.807, 2.05) is 0 Å². The molecule has 0 spiro atoms. The highest BCUT2D eigenvalue weighted by atomic mass is 79.9. The smallest absolute Gasteiger partial charge is 0.257 e. The summed E-state index contributed by atoms with van der Waals surface area (Å²) in [6, 6.07) is 10.1. The Kier molecular flexibility index (Phi) is 5.71. The molecule has 1 aliphatic rings. The Morgan fingerprint density at radius 2 is 1.85 bits per heavy atom. The lowest BCUT2D eigenvalue weighted by molar-refractivity contribution is 0.0730. The van der Waals surface area contributed by atoms with Crippen molar-refractivity contribution in [2.24, 2.45) is 0 Å². The highest BCUT2D eigenvalue weighted by molar-refractivity contribution is 9.10. The van der Waals surface area contributed by atoms with Gasteiger partial charge in [0.1, 0.15) is 5.82 Å². The molecule has 1 fully saturated rings. The van der Waals surface area contributed by atoms with Crippen LogP contribution in [0.2, 0.25) is 0 Å². The highest BCUT2D eigenvalue weighted by Crippen LogP contribution is 2.24. The number of carbonyl (C=O) groups is 1. The number of nitrogens with one attached hydrogen (secondary N) is 1. The SMILES string of the molecule is O=C(Nc1ccc(Br)cc1F)c1ccccc1S(=O)(=O)N1CCOCC1. The van der Waals surface area contributed by atoms with Gasteiger partial charge in [-0.25, -0.2) is 12.8 Å². The van der Waals surface area contributed by atoms with E-state index >= 15 is 0 Å². The van der Waals surface area contributed by atoms with Crippen LogP contribution in [-0.2, 0) is 14.8 Å². The normalized spacial score (nSPS) is 15.6. The molecular weight excluding hydrogens is 427 g/mol. The van der Waals surface area contributed by atoms with Crippen molar-refractivity contribution in [2.75, 3.05) is 31.6 Å². The molecule has 0 unspecified atom stereocenters. The first-order valence-corrected chi connectivity index (χ1v) is 10.1. The van der Waals surface area contributed by atoms with Crippen LogP contribution in [0.25, 0.3) is 0 Å². The van der Waals surface area contributed by atoms with Gasteiger partial charge in [-0.15, -0.1) is 0 Å². The lowest BCUT2D eigenvalue weighted by Crippen LogP contribution is -2.41. The average Bonchev–Trinajstić information content (AvgIpc) is 2.64. The summed E-state index contributed by atoms with van der Waals surface area (Å²) in [7, 11) is -3.86. The fourth-order valence-electron chi connectivity index (χ4n) is 2.59. The van der Waals surface area contributed by atoms with Crippen molar-refractivity contribution in [3.05, 3.63) is 58.3 Å². The van der Waals surface area contributed by atoms with Gasteiger partial charge in [0.05, 0.1) is 29.4 Å². The van der Waals surface area contributed by atoms with Crippen molar-refractivity contribution in [2.45, 2.75) is 4.90 Å². The van der Waals surface area contributed by atoms with E-state index < -0.39 is 21.7 Å². The van der Waals surface area contributed by atoms with E-state index in [9.17, 15) is 17.6 Å². The number of benzene rings is 2. The number of anilines is 1. The zero-order valence-electron chi connectivity index (χ0n) is 13.6. The minimum Gasteiger partial charge on any atom is -0.379 e. The molecule has 0 aromatic heterocycles. The van der Waals surface area contributed by atoms with Gasteiger partial charge in [-0.1, -0.05) is 28.1 Å². The zero-order chi connectivity index (χ0) is 18.7. The summed E-state index contributed by atoms with van der Waals surface area (Å²) >= 11 is 3.14. The molecule has 1 aliphatic heterocycles. The molecule has 0 atom stereocenters. The molecule has 0 saturated carbocycles. The number of rotatable bonds is 4. The minimum atomic E-state index is -3.86. The van der Waals surface area contributed by atoms with E-state index in [0.717, 1.165) is 0 Å². The van der Waals surface area contributed by atoms with E-state index in [2.05, 4.69) is 21.2 Å². The first-order valence-electron chi connectivity index (χ1n) is 7.83. The lowest BCUT2D eigenvalue weighted by atomic mass is 10.2. The monoisotopic (exact) mass is 442 g/mol. The standard InChI is InChI=1S/C17H16BrFN2O4S/c18-12-5-6-15(14(19)11-12)20-17(22)13-3-1-2-4-16(13)26(23,24)21-7-9-25-10-8-21/h1-6,11H,7-10H2,(H,20,22). The fraction of sp³-hybridized carbons (Fsp3) is 0.235. The first-order chi connectivity index (χ1) is 12.4. The van der Waals surface area contributed by atoms with Crippen LogP contribution in [0.5, 0.6) is 0 Å². The molecule has 1 N–H and O–H groups in total. The molecule has 0 radical (unpaired) electrons. The third kappa shape index (κ3) is 3.96. The molecule has 2 aromatic carbocycles. The third-order valence-electron chi connectivity index (χ3n) is 3.90. The number of morpholine rings is 1. The molecule has 0 bridgehead atoms. The molecular formula is C17H16BrFN2O4S. The topological polar surface area (TPSA) is 75.7 Å². The second kappa shape index (κ2) is 7.83. The Hall–Kier alpha value is -1.81. The van der Waals surface area contributed by atoms with Crippen molar-refractivity contribution >= 4 is 37.5 Å². The molecule has 1 saturated heterocycles. The number of hydrogen-bond acceptors (Lipinski definition) is 4. The van der Waals surface area contributed by atoms with Crippen LogP contribution >= 0.6 is 15.9 Å². The number of carbonyl (C=O) groups excluding carboxylic acids is 1. The molecule has 26 heavy (non-hydrogen) atoms. The highest BCUT2D eigenvalue weighted by Gasteiger charge is 2.30. The fourth-order valence-corrected chi connectivity index (χ4v) is 4.52. The molecule has 6 nitrogen and oxygen atoms in total. The largest absolute Gasteiger partial charge is 0.379 e. The summed E-state index contributed by atoms with van der Waals surface area (Å²) in [5.74, 6) is -1.32. The van der Waals surface area contributed by atoms with E-state index in [-0.39, 0.29) is 29.2 Å². The van der Waals surface area contributed by atoms with Gasteiger partial charge in [0.2, 0.25) is 10.0 Å². The van der Waals surface area contributed by atoms with Crippen LogP contribution in [0.4, 0.5) is 10.1 Å². The van der Waals surface area contributed by atoms with Crippen molar-refractivity contribution in [3.8, 4) is 0 Å². The first kappa shape index (κ1) is 19.0. The second-order valence-corrected chi connectivity index (χ2v) is 8.41. The molecule has 1 heterocycles. The van der Waals surface area contributed by atoms with Crippen LogP contribution < -0.4 is 5.32 Å². The number of sulfonamides is 1. The summed E-state index contributed by atoms with van der Waals surface area (Å²) in [4.78, 5) is 12.5. The predicted molar refractivity (Wildman–Crippen MR) is 98.1 cm³/mol. The molecule has 138 valence electrons. The van der Waals surface area contributed by atoms with Gasteiger partial charge >= 0.3 is 0 Å². The van der Waals surface area contributed by atoms with E-state index in [1.165, 1.54) is 28.6 Å². The third-order valence-corrected chi connectivity index (χ3v) is 6.35. The second-order valence-electron chi connectivity index (χ2n) is 5.59. The Bertz CT molecular complexity index is 930. The molecule has 0 aliphatic carbocycles. The summed E-state index contributed by atoms with van der Waals surface area (Å²) in [6.45, 7) is 1.05. The number of halogens is 2. The number of hydrogen-bond donors (Lipinski definition) is 1. The van der Waals surface area contributed by atoms with E-state index in [4.69, 9.17) is 4.74 Å². The Morgan fingerprint density at radius 1 is 1.15 bits per heavy atom. The summed E-state index contributed by atoms with van der Waals surface area (Å²) in [5.41, 5.74) is -0.0712. The zero-order valence-corrected chi connectivity index (χ0v) is 16.0. The number of nitrogens with zero attached hydrogens (tertiary/aromatic N) is 1. The number of ether oxygens (including phenoxy) is 1. The van der Waals surface area contributed by atoms with Crippen molar-refractivity contribution < 1.29 is 22.3 Å². The van der Waals surface area contributed by atoms with E-state index in [1.54, 1.807) is 18.2 Å². The Balaban J connectivity index is 1.92. The van der Waals surface area contributed by atoms with Gasteiger partial charge in [-0.05, 0) is 30.3 Å². The van der Waals surface area contributed by atoms with Gasteiger partial charge in [0.15, 0.2) is 0 Å². The Morgan fingerprint density at radius 3 is 2.54 bits per heavy atom. The summed E-state index contributed by atoms with van der Waals surface area (Å²) in [6.07, 6.45) is 0. The maximum atomic E-state index is 14.0. The van der Waals surface area contributed by atoms with Crippen LogP contribution in [0.15, 0.2) is 51.8 Å². The lowest BCUT2D eigenvalue weighted by Gasteiger charge is -2.26. The molecule has 3 rings (SSSR count). The summed E-state index contributed by atoms with van der Waals surface area (Å²) in [5, 5.41) is 2.43. The Labute approximate surface area is 159 Å². The summed E-state index contributed by atoms with van der Waals surface area (Å²) < 4.78 is 46.7.